The highest BCUT2D eigenvalue weighted by Crippen LogP contribution is 2.36. The van der Waals surface area contributed by atoms with Gasteiger partial charge in [-0.3, -0.25) is 4.90 Å². The Bertz CT molecular complexity index is 325. The van der Waals surface area contributed by atoms with Crippen molar-refractivity contribution >= 4 is 0 Å². The SMILES string of the molecule is CC1CCN(CCCCO)C1c1ccccc1. The molecule has 1 N–H and O–H groups in total. The molecule has 1 heterocycles. The fourth-order valence-electron chi connectivity index (χ4n) is 2.89. The van der Waals surface area contributed by atoms with Crippen molar-refractivity contribution in [2.45, 2.75) is 32.2 Å². The molecule has 2 heteroatoms. The average Bonchev–Trinajstić information content (AvgIpc) is 2.72. The maximum absolute atomic E-state index is 8.86. The molecule has 0 amide bonds. The molecule has 0 spiro atoms. The van der Waals surface area contributed by atoms with Crippen molar-refractivity contribution in [1.29, 1.82) is 0 Å². The Morgan fingerprint density at radius 2 is 2.00 bits per heavy atom. The molecule has 1 aliphatic rings. The first-order valence-electron chi connectivity index (χ1n) is 6.73. The zero-order valence-corrected chi connectivity index (χ0v) is 10.7. The van der Waals surface area contributed by atoms with Crippen molar-refractivity contribution in [3.63, 3.8) is 0 Å². The van der Waals surface area contributed by atoms with E-state index in [9.17, 15) is 0 Å². The molecule has 0 bridgehead atoms. The molecule has 94 valence electrons. The minimum absolute atomic E-state index is 0.319. The number of hydrogen-bond donors (Lipinski definition) is 1. The maximum atomic E-state index is 8.86. The van der Waals surface area contributed by atoms with Crippen molar-refractivity contribution in [2.75, 3.05) is 19.7 Å². The van der Waals surface area contributed by atoms with Crippen molar-refractivity contribution in [3.8, 4) is 0 Å². The van der Waals surface area contributed by atoms with E-state index in [0.717, 1.165) is 25.3 Å². The van der Waals surface area contributed by atoms with Crippen molar-refractivity contribution in [2.24, 2.45) is 5.92 Å². The lowest BCUT2D eigenvalue weighted by atomic mass is 9.95. The third kappa shape index (κ3) is 3.08. The Morgan fingerprint density at radius 1 is 1.24 bits per heavy atom. The van der Waals surface area contributed by atoms with Crippen LogP contribution < -0.4 is 0 Å². The number of aliphatic hydroxyl groups excluding tert-OH is 1. The van der Waals surface area contributed by atoms with Crippen molar-refractivity contribution in [3.05, 3.63) is 35.9 Å². The number of aliphatic hydroxyl groups is 1. The van der Waals surface area contributed by atoms with Crippen LogP contribution in [0.4, 0.5) is 0 Å². The van der Waals surface area contributed by atoms with E-state index < -0.39 is 0 Å². The van der Waals surface area contributed by atoms with E-state index in [1.54, 1.807) is 0 Å². The lowest BCUT2D eigenvalue weighted by Crippen LogP contribution is -2.26. The third-order valence-electron chi connectivity index (χ3n) is 3.80. The second-order valence-electron chi connectivity index (χ2n) is 5.09. The lowest BCUT2D eigenvalue weighted by Gasteiger charge is -2.27. The van der Waals surface area contributed by atoms with Gasteiger partial charge in [0.2, 0.25) is 0 Å². The summed E-state index contributed by atoms with van der Waals surface area (Å²) in [5.41, 5.74) is 1.45. The van der Waals surface area contributed by atoms with E-state index in [-0.39, 0.29) is 0 Å². The zero-order valence-electron chi connectivity index (χ0n) is 10.7. The Hall–Kier alpha value is -0.860. The summed E-state index contributed by atoms with van der Waals surface area (Å²) in [4.78, 5) is 2.58. The third-order valence-corrected chi connectivity index (χ3v) is 3.80. The minimum Gasteiger partial charge on any atom is -0.396 e. The van der Waals surface area contributed by atoms with Crippen LogP contribution in [-0.2, 0) is 0 Å². The summed E-state index contributed by atoms with van der Waals surface area (Å²) in [5, 5.41) is 8.86. The fourth-order valence-corrected chi connectivity index (χ4v) is 2.89. The molecule has 2 nitrogen and oxygen atoms in total. The first-order chi connectivity index (χ1) is 8.33. The molecular formula is C15H23NO. The van der Waals surface area contributed by atoms with Gasteiger partial charge < -0.3 is 5.11 Å². The largest absolute Gasteiger partial charge is 0.396 e. The van der Waals surface area contributed by atoms with Crippen LogP contribution in [0, 0.1) is 5.92 Å². The molecule has 0 aromatic heterocycles. The fraction of sp³-hybridized carbons (Fsp3) is 0.600. The highest BCUT2D eigenvalue weighted by Gasteiger charge is 2.31. The van der Waals surface area contributed by atoms with E-state index in [1.807, 2.05) is 0 Å². The second-order valence-corrected chi connectivity index (χ2v) is 5.09. The molecule has 1 aromatic rings. The summed E-state index contributed by atoms with van der Waals surface area (Å²) in [6.45, 7) is 4.99. The van der Waals surface area contributed by atoms with E-state index in [0.29, 0.717) is 12.6 Å². The van der Waals surface area contributed by atoms with Crippen molar-refractivity contribution < 1.29 is 5.11 Å². The molecule has 0 aliphatic carbocycles. The minimum atomic E-state index is 0.319. The standard InChI is InChI=1S/C15H23NO/c1-13-9-11-16(10-5-6-12-17)15(13)14-7-3-2-4-8-14/h2-4,7-8,13,15,17H,5-6,9-12H2,1H3. The van der Waals surface area contributed by atoms with Crippen molar-refractivity contribution in [1.82, 2.24) is 4.90 Å². The van der Waals surface area contributed by atoms with Gasteiger partial charge in [0.25, 0.3) is 0 Å². The van der Waals surface area contributed by atoms with Crippen LogP contribution in [0.1, 0.15) is 37.8 Å². The zero-order chi connectivity index (χ0) is 12.1. The predicted molar refractivity (Wildman–Crippen MR) is 70.9 cm³/mol. The van der Waals surface area contributed by atoms with Gasteiger partial charge in [-0.1, -0.05) is 37.3 Å². The Morgan fingerprint density at radius 3 is 2.71 bits per heavy atom. The molecule has 1 aromatic carbocycles. The smallest absolute Gasteiger partial charge is 0.0431 e. The topological polar surface area (TPSA) is 23.5 Å². The van der Waals surface area contributed by atoms with Gasteiger partial charge in [0, 0.05) is 12.6 Å². The number of unbranched alkanes of at least 4 members (excludes halogenated alkanes) is 1. The normalized spacial score (nSPS) is 25.3. The number of benzene rings is 1. The van der Waals surface area contributed by atoms with E-state index >= 15 is 0 Å². The summed E-state index contributed by atoms with van der Waals surface area (Å²) in [6, 6.07) is 11.4. The van der Waals surface area contributed by atoms with Gasteiger partial charge in [-0.2, -0.15) is 0 Å². The van der Waals surface area contributed by atoms with Gasteiger partial charge in [-0.25, -0.2) is 0 Å². The van der Waals surface area contributed by atoms with Gasteiger partial charge in [0.15, 0.2) is 0 Å². The average molecular weight is 233 g/mol. The number of likely N-dealkylation sites (tertiary alicyclic amines) is 1. The number of nitrogens with zero attached hydrogens (tertiary/aromatic N) is 1. The van der Waals surface area contributed by atoms with E-state index in [1.165, 1.54) is 18.5 Å². The molecular weight excluding hydrogens is 210 g/mol. The van der Waals surface area contributed by atoms with Gasteiger partial charge in [0.1, 0.15) is 0 Å². The summed E-state index contributed by atoms with van der Waals surface area (Å²) in [7, 11) is 0. The predicted octanol–water partition coefficient (Wildman–Crippen LogP) is 2.84. The molecule has 1 fully saturated rings. The van der Waals surface area contributed by atoms with Crippen LogP contribution in [-0.4, -0.2) is 29.7 Å². The molecule has 2 atom stereocenters. The highest BCUT2D eigenvalue weighted by atomic mass is 16.2. The Kier molecular flexibility index (Phi) is 4.57. The van der Waals surface area contributed by atoms with E-state index in [2.05, 4.69) is 42.2 Å². The van der Waals surface area contributed by atoms with Crippen LogP contribution in [0.5, 0.6) is 0 Å². The number of hydrogen-bond acceptors (Lipinski definition) is 2. The molecule has 2 unspecified atom stereocenters. The summed E-state index contributed by atoms with van der Waals surface area (Å²) < 4.78 is 0. The maximum Gasteiger partial charge on any atom is 0.0431 e. The second kappa shape index (κ2) is 6.18. The van der Waals surface area contributed by atoms with Gasteiger partial charge in [-0.05, 0) is 43.8 Å². The highest BCUT2D eigenvalue weighted by molar-refractivity contribution is 5.20. The number of rotatable bonds is 5. The quantitative estimate of drug-likeness (QED) is 0.791. The van der Waals surface area contributed by atoms with Crippen LogP contribution >= 0.6 is 0 Å². The summed E-state index contributed by atoms with van der Waals surface area (Å²) in [6.07, 6.45) is 3.32. The summed E-state index contributed by atoms with van der Waals surface area (Å²) >= 11 is 0. The molecule has 0 radical (unpaired) electrons. The Labute approximate surface area is 104 Å². The van der Waals surface area contributed by atoms with Crippen LogP contribution in [0.25, 0.3) is 0 Å². The summed E-state index contributed by atoms with van der Waals surface area (Å²) in [5.74, 6) is 0.742. The van der Waals surface area contributed by atoms with Crippen LogP contribution in [0.3, 0.4) is 0 Å². The molecule has 1 aliphatic heterocycles. The monoisotopic (exact) mass is 233 g/mol. The first kappa shape index (κ1) is 12.6. The Balaban J connectivity index is 2.01. The van der Waals surface area contributed by atoms with Gasteiger partial charge in [0.05, 0.1) is 0 Å². The molecule has 17 heavy (non-hydrogen) atoms. The van der Waals surface area contributed by atoms with Gasteiger partial charge in [-0.15, -0.1) is 0 Å². The van der Waals surface area contributed by atoms with Crippen LogP contribution in [0.15, 0.2) is 30.3 Å². The van der Waals surface area contributed by atoms with Gasteiger partial charge >= 0.3 is 0 Å². The first-order valence-corrected chi connectivity index (χ1v) is 6.73. The van der Waals surface area contributed by atoms with Crippen LogP contribution in [0.2, 0.25) is 0 Å². The molecule has 1 saturated heterocycles. The lowest BCUT2D eigenvalue weighted by molar-refractivity contribution is 0.215. The van der Waals surface area contributed by atoms with E-state index in [4.69, 9.17) is 5.11 Å². The molecule has 2 rings (SSSR count). The molecule has 0 saturated carbocycles.